The molecule has 0 unspecified atom stereocenters. The Morgan fingerprint density at radius 2 is 2.57 bits per heavy atom. The number of hydrogen-bond donors (Lipinski definition) is 1. The molecule has 0 aromatic carbocycles. The molecule has 0 saturated heterocycles. The van der Waals surface area contributed by atoms with Crippen LogP contribution >= 0.6 is 11.3 Å². The SMILES string of the molecule is COC(=O)N1c2sccc2N=C[C@@H]1N. The van der Waals surface area contributed by atoms with Crippen molar-refractivity contribution in [2.45, 2.75) is 6.17 Å². The Morgan fingerprint density at radius 3 is 3.29 bits per heavy atom. The normalized spacial score (nSPS) is 19.3. The second-order valence-electron chi connectivity index (χ2n) is 2.72. The van der Waals surface area contributed by atoms with Crippen LogP contribution in [-0.2, 0) is 4.74 Å². The van der Waals surface area contributed by atoms with Gasteiger partial charge in [-0.25, -0.2) is 9.69 Å². The van der Waals surface area contributed by atoms with Gasteiger partial charge in [-0.1, -0.05) is 0 Å². The number of thiophene rings is 1. The molecule has 2 rings (SSSR count). The Hall–Kier alpha value is -1.40. The third kappa shape index (κ3) is 1.28. The van der Waals surface area contributed by atoms with E-state index in [2.05, 4.69) is 9.73 Å². The van der Waals surface area contributed by atoms with Gasteiger partial charge in [0.2, 0.25) is 0 Å². The number of hydrogen-bond acceptors (Lipinski definition) is 5. The third-order valence-electron chi connectivity index (χ3n) is 1.88. The maximum absolute atomic E-state index is 11.4. The predicted octanol–water partition coefficient (Wildman–Crippen LogP) is 1.32. The molecule has 0 radical (unpaired) electrons. The summed E-state index contributed by atoms with van der Waals surface area (Å²) in [5.41, 5.74) is 6.46. The summed E-state index contributed by atoms with van der Waals surface area (Å²) in [4.78, 5) is 16.9. The molecule has 1 aliphatic heterocycles. The zero-order valence-corrected chi connectivity index (χ0v) is 8.32. The van der Waals surface area contributed by atoms with Crippen LogP contribution in [0.5, 0.6) is 0 Å². The van der Waals surface area contributed by atoms with Crippen molar-refractivity contribution in [3.8, 4) is 0 Å². The molecule has 0 fully saturated rings. The average Bonchev–Trinajstić information content (AvgIpc) is 2.64. The molecule has 0 spiro atoms. The monoisotopic (exact) mass is 211 g/mol. The smallest absolute Gasteiger partial charge is 0.416 e. The van der Waals surface area contributed by atoms with E-state index in [9.17, 15) is 4.79 Å². The number of aliphatic imine (C=N–C) groups is 1. The number of anilines is 1. The van der Waals surface area contributed by atoms with Crippen molar-refractivity contribution in [2.24, 2.45) is 10.7 Å². The van der Waals surface area contributed by atoms with E-state index >= 15 is 0 Å². The summed E-state index contributed by atoms with van der Waals surface area (Å²) in [6, 6.07) is 1.83. The van der Waals surface area contributed by atoms with Gasteiger partial charge >= 0.3 is 6.09 Å². The fraction of sp³-hybridized carbons (Fsp3) is 0.250. The van der Waals surface area contributed by atoms with Crippen molar-refractivity contribution in [2.75, 3.05) is 12.0 Å². The molecule has 2 heterocycles. The van der Waals surface area contributed by atoms with E-state index in [1.807, 2.05) is 11.4 Å². The fourth-order valence-electron chi connectivity index (χ4n) is 1.23. The highest BCUT2D eigenvalue weighted by atomic mass is 32.1. The van der Waals surface area contributed by atoms with Crippen molar-refractivity contribution in [3.63, 3.8) is 0 Å². The summed E-state index contributed by atoms with van der Waals surface area (Å²) in [5.74, 6) is 0. The molecular weight excluding hydrogens is 202 g/mol. The molecule has 74 valence electrons. The van der Waals surface area contributed by atoms with Crippen LogP contribution in [0.3, 0.4) is 0 Å². The molecule has 6 heteroatoms. The number of nitrogens with zero attached hydrogens (tertiary/aromatic N) is 2. The van der Waals surface area contributed by atoms with E-state index in [-0.39, 0.29) is 0 Å². The lowest BCUT2D eigenvalue weighted by atomic mass is 10.3. The molecule has 0 aliphatic carbocycles. The molecule has 1 aromatic heterocycles. The molecule has 0 bridgehead atoms. The highest BCUT2D eigenvalue weighted by Gasteiger charge is 2.28. The highest BCUT2D eigenvalue weighted by Crippen LogP contribution is 2.37. The zero-order valence-electron chi connectivity index (χ0n) is 7.51. The van der Waals surface area contributed by atoms with E-state index in [0.29, 0.717) is 0 Å². The highest BCUT2D eigenvalue weighted by molar-refractivity contribution is 7.15. The Balaban J connectivity index is 2.42. The number of carbonyl (C=O) groups excluding carboxylic acids is 1. The van der Waals surface area contributed by atoms with Gasteiger partial charge in [0.15, 0.2) is 0 Å². The topological polar surface area (TPSA) is 67.9 Å². The molecule has 2 N–H and O–H groups in total. The Kier molecular flexibility index (Phi) is 2.22. The zero-order chi connectivity index (χ0) is 10.1. The first kappa shape index (κ1) is 9.17. The van der Waals surface area contributed by atoms with Gasteiger partial charge in [-0.05, 0) is 11.4 Å². The lowest BCUT2D eigenvalue weighted by Crippen LogP contribution is -2.48. The molecule has 1 amide bonds. The van der Waals surface area contributed by atoms with E-state index in [0.717, 1.165) is 10.7 Å². The number of rotatable bonds is 0. The van der Waals surface area contributed by atoms with Crippen LogP contribution in [0.1, 0.15) is 0 Å². The lowest BCUT2D eigenvalue weighted by molar-refractivity contribution is 0.178. The minimum atomic E-state index is -0.548. The van der Waals surface area contributed by atoms with Crippen LogP contribution in [0.4, 0.5) is 15.5 Å². The van der Waals surface area contributed by atoms with Crippen molar-refractivity contribution >= 4 is 34.3 Å². The summed E-state index contributed by atoms with van der Waals surface area (Å²) in [6.07, 6.45) is 0.507. The summed E-state index contributed by atoms with van der Waals surface area (Å²) in [7, 11) is 1.33. The second kappa shape index (κ2) is 3.39. The lowest BCUT2D eigenvalue weighted by Gasteiger charge is -2.26. The predicted molar refractivity (Wildman–Crippen MR) is 55.3 cm³/mol. The average molecular weight is 211 g/mol. The van der Waals surface area contributed by atoms with Crippen LogP contribution in [-0.4, -0.2) is 25.6 Å². The molecular formula is C8H9N3O2S. The van der Waals surface area contributed by atoms with Gasteiger partial charge in [0.05, 0.1) is 12.8 Å². The Bertz CT molecular complexity index is 388. The van der Waals surface area contributed by atoms with Crippen LogP contribution in [0.25, 0.3) is 0 Å². The van der Waals surface area contributed by atoms with Gasteiger partial charge in [0.25, 0.3) is 0 Å². The van der Waals surface area contributed by atoms with Crippen LogP contribution in [0, 0.1) is 0 Å². The molecule has 0 saturated carbocycles. The fourth-order valence-corrected chi connectivity index (χ4v) is 2.11. The quantitative estimate of drug-likeness (QED) is 0.703. The summed E-state index contributed by atoms with van der Waals surface area (Å²) in [5, 5.41) is 2.59. The van der Waals surface area contributed by atoms with E-state index in [1.54, 1.807) is 0 Å². The van der Waals surface area contributed by atoms with Crippen LogP contribution < -0.4 is 10.6 Å². The summed E-state index contributed by atoms with van der Waals surface area (Å²) < 4.78 is 4.64. The second-order valence-corrected chi connectivity index (χ2v) is 3.61. The molecule has 1 atom stereocenters. The maximum atomic E-state index is 11.4. The largest absolute Gasteiger partial charge is 0.452 e. The molecule has 14 heavy (non-hydrogen) atoms. The van der Waals surface area contributed by atoms with Crippen LogP contribution in [0.15, 0.2) is 16.4 Å². The number of carbonyl (C=O) groups is 1. The van der Waals surface area contributed by atoms with Crippen molar-refractivity contribution in [1.82, 2.24) is 0 Å². The third-order valence-corrected chi connectivity index (χ3v) is 2.78. The van der Waals surface area contributed by atoms with Gasteiger partial charge in [0, 0.05) is 6.21 Å². The minimum Gasteiger partial charge on any atom is -0.452 e. The molecule has 1 aliphatic rings. The number of nitrogens with two attached hydrogens (primary N) is 1. The van der Waals surface area contributed by atoms with Crippen LogP contribution in [0.2, 0.25) is 0 Å². The molecule has 1 aromatic rings. The van der Waals surface area contributed by atoms with E-state index < -0.39 is 12.3 Å². The number of ether oxygens (including phenoxy) is 1. The Morgan fingerprint density at radius 1 is 1.79 bits per heavy atom. The number of amides is 1. The van der Waals surface area contributed by atoms with Gasteiger partial charge < -0.3 is 10.5 Å². The van der Waals surface area contributed by atoms with Gasteiger partial charge in [0.1, 0.15) is 11.2 Å². The number of methoxy groups -OCH3 is 1. The standard InChI is InChI=1S/C8H9N3O2S/c1-13-8(12)11-6(9)4-10-5-2-3-14-7(5)11/h2-4,6H,9H2,1H3/t6-/m1/s1. The maximum Gasteiger partial charge on any atom is 0.416 e. The first-order valence-corrected chi connectivity index (χ1v) is 4.86. The van der Waals surface area contributed by atoms with Crippen molar-refractivity contribution in [3.05, 3.63) is 11.4 Å². The van der Waals surface area contributed by atoms with Gasteiger partial charge in [-0.2, -0.15) is 0 Å². The van der Waals surface area contributed by atoms with E-state index in [4.69, 9.17) is 5.73 Å². The van der Waals surface area contributed by atoms with Gasteiger partial charge in [-0.3, -0.25) is 4.99 Å². The minimum absolute atomic E-state index is 0.465. The Labute approximate surface area is 84.8 Å². The first-order chi connectivity index (χ1) is 6.74. The summed E-state index contributed by atoms with van der Waals surface area (Å²) >= 11 is 1.41. The first-order valence-electron chi connectivity index (χ1n) is 3.98. The summed E-state index contributed by atoms with van der Waals surface area (Å²) in [6.45, 7) is 0. The van der Waals surface area contributed by atoms with Crippen molar-refractivity contribution < 1.29 is 9.53 Å². The van der Waals surface area contributed by atoms with Gasteiger partial charge in [-0.15, -0.1) is 11.3 Å². The van der Waals surface area contributed by atoms with Crippen molar-refractivity contribution in [1.29, 1.82) is 0 Å². The van der Waals surface area contributed by atoms with E-state index in [1.165, 1.54) is 29.6 Å². The molecule has 5 nitrogen and oxygen atoms in total. The number of fused-ring (bicyclic) bond motifs is 1.